The fraction of sp³-hybridized carbons (Fsp3) is 0.115. The van der Waals surface area contributed by atoms with E-state index in [1.807, 2.05) is 55.5 Å². The van der Waals surface area contributed by atoms with E-state index in [9.17, 15) is 9.59 Å². The number of para-hydroxylation sites is 1. The Bertz CT molecular complexity index is 1550. The molecule has 2 N–H and O–H groups in total. The third kappa shape index (κ3) is 3.74. The summed E-state index contributed by atoms with van der Waals surface area (Å²) in [5.41, 5.74) is 4.37. The molecule has 5 rings (SSSR count). The van der Waals surface area contributed by atoms with Crippen molar-refractivity contribution in [1.82, 2.24) is 20.1 Å². The van der Waals surface area contributed by atoms with Gasteiger partial charge in [0.1, 0.15) is 5.75 Å². The Morgan fingerprint density at radius 3 is 2.64 bits per heavy atom. The first-order valence-corrected chi connectivity index (χ1v) is 10.6. The van der Waals surface area contributed by atoms with E-state index in [1.54, 1.807) is 31.5 Å². The average Bonchev–Trinajstić information content (AvgIpc) is 3.19. The molecule has 5 aromatic rings. The maximum Gasteiger partial charge on any atom is 0.280 e. The van der Waals surface area contributed by atoms with Gasteiger partial charge >= 0.3 is 0 Å². The normalized spacial score (nSPS) is 11.1. The summed E-state index contributed by atoms with van der Waals surface area (Å²) < 4.78 is 6.85. The summed E-state index contributed by atoms with van der Waals surface area (Å²) in [6, 6.07) is 20.5. The lowest BCUT2D eigenvalue weighted by Crippen LogP contribution is -2.23. The van der Waals surface area contributed by atoms with Gasteiger partial charge in [0.25, 0.3) is 11.5 Å². The molecule has 2 heterocycles. The van der Waals surface area contributed by atoms with E-state index in [4.69, 9.17) is 4.74 Å². The van der Waals surface area contributed by atoms with Crippen molar-refractivity contribution in [2.75, 3.05) is 7.11 Å². The second-order valence-electron chi connectivity index (χ2n) is 7.86. The molecule has 33 heavy (non-hydrogen) atoms. The monoisotopic (exact) mass is 438 g/mol. The van der Waals surface area contributed by atoms with Gasteiger partial charge in [0.05, 0.1) is 29.2 Å². The summed E-state index contributed by atoms with van der Waals surface area (Å²) in [6.45, 7) is 2.33. The summed E-state index contributed by atoms with van der Waals surface area (Å²) in [5.74, 6) is 0.498. The molecule has 0 aliphatic heterocycles. The number of rotatable bonds is 5. The van der Waals surface area contributed by atoms with Gasteiger partial charge in [-0.1, -0.05) is 35.9 Å². The first kappa shape index (κ1) is 20.5. The Hall–Kier alpha value is -4.39. The highest BCUT2D eigenvalue weighted by molar-refractivity contribution is 6.06. The van der Waals surface area contributed by atoms with Crippen LogP contribution in [0.3, 0.4) is 0 Å². The van der Waals surface area contributed by atoms with Crippen molar-refractivity contribution >= 4 is 27.7 Å². The van der Waals surface area contributed by atoms with E-state index >= 15 is 0 Å². The van der Waals surface area contributed by atoms with Crippen LogP contribution < -0.4 is 15.6 Å². The Labute approximate surface area is 189 Å². The molecule has 164 valence electrons. The highest BCUT2D eigenvalue weighted by atomic mass is 16.5. The maximum atomic E-state index is 13.0. The maximum absolute atomic E-state index is 13.0. The topological polar surface area (TPSA) is 89.0 Å². The van der Waals surface area contributed by atoms with Gasteiger partial charge in [0.2, 0.25) is 0 Å². The Balaban J connectivity index is 1.51. The number of methoxy groups -OCH3 is 1. The smallest absolute Gasteiger partial charge is 0.280 e. The second-order valence-corrected chi connectivity index (χ2v) is 7.86. The lowest BCUT2D eigenvalue weighted by atomic mass is 10.1. The van der Waals surface area contributed by atoms with E-state index in [-0.39, 0.29) is 11.5 Å². The van der Waals surface area contributed by atoms with Crippen LogP contribution in [-0.2, 0) is 6.54 Å². The molecule has 0 radical (unpaired) electrons. The van der Waals surface area contributed by atoms with Crippen LogP contribution in [0.2, 0.25) is 0 Å². The summed E-state index contributed by atoms with van der Waals surface area (Å²) in [4.78, 5) is 30.3. The number of nitrogens with zero attached hydrogens (tertiary/aromatic N) is 2. The molecular formula is C26H22N4O3. The number of aromatic nitrogens is 3. The van der Waals surface area contributed by atoms with Gasteiger partial charge in [0, 0.05) is 29.3 Å². The molecule has 2 aromatic heterocycles. The van der Waals surface area contributed by atoms with Crippen LogP contribution in [0, 0.1) is 6.92 Å². The molecule has 7 nitrogen and oxygen atoms in total. The lowest BCUT2D eigenvalue weighted by Gasteiger charge is -2.10. The van der Waals surface area contributed by atoms with E-state index in [0.29, 0.717) is 33.9 Å². The third-order valence-corrected chi connectivity index (χ3v) is 5.71. The molecule has 0 atom stereocenters. The van der Waals surface area contributed by atoms with Gasteiger partial charge in [-0.3, -0.25) is 19.7 Å². The fourth-order valence-corrected chi connectivity index (χ4v) is 3.90. The molecule has 7 heteroatoms. The molecule has 0 unspecified atom stereocenters. The molecule has 0 aliphatic carbocycles. The highest BCUT2D eigenvalue weighted by Gasteiger charge is 2.14. The number of aromatic amines is 1. The van der Waals surface area contributed by atoms with Gasteiger partial charge in [-0.2, -0.15) is 0 Å². The molecule has 0 saturated carbocycles. The van der Waals surface area contributed by atoms with Gasteiger partial charge in [0.15, 0.2) is 0 Å². The Morgan fingerprint density at radius 2 is 1.85 bits per heavy atom. The largest absolute Gasteiger partial charge is 0.496 e. The summed E-state index contributed by atoms with van der Waals surface area (Å²) >= 11 is 0. The predicted molar refractivity (Wildman–Crippen MR) is 128 cm³/mol. The van der Waals surface area contributed by atoms with Crippen LogP contribution in [0.4, 0.5) is 0 Å². The number of hydrogen-bond donors (Lipinski definition) is 2. The summed E-state index contributed by atoms with van der Waals surface area (Å²) in [7, 11) is 1.60. The minimum atomic E-state index is -0.222. The number of aryl methyl sites for hydroxylation is 1. The van der Waals surface area contributed by atoms with Gasteiger partial charge in [-0.05, 0) is 43.3 Å². The van der Waals surface area contributed by atoms with Crippen molar-refractivity contribution in [1.29, 1.82) is 0 Å². The zero-order valence-corrected chi connectivity index (χ0v) is 18.3. The van der Waals surface area contributed by atoms with Crippen molar-refractivity contribution in [3.05, 3.63) is 100.0 Å². The van der Waals surface area contributed by atoms with E-state index in [1.165, 1.54) is 4.68 Å². The third-order valence-electron chi connectivity index (χ3n) is 5.71. The first-order valence-electron chi connectivity index (χ1n) is 10.6. The number of carbonyl (C=O) groups excluding carboxylic acids is 1. The SMILES string of the molecule is COc1ccccc1CNC(=O)c1ccc2ncc3c(=O)n(-c4ccc(C)cc4)[nH]c3c2c1. The predicted octanol–water partition coefficient (Wildman–Crippen LogP) is 4.11. The zero-order valence-electron chi connectivity index (χ0n) is 18.3. The average molecular weight is 438 g/mol. The van der Waals surface area contributed by atoms with E-state index < -0.39 is 0 Å². The number of benzene rings is 3. The van der Waals surface area contributed by atoms with Crippen molar-refractivity contribution in [2.45, 2.75) is 13.5 Å². The quantitative estimate of drug-likeness (QED) is 0.432. The van der Waals surface area contributed by atoms with E-state index in [2.05, 4.69) is 15.4 Å². The molecule has 0 aliphatic rings. The molecule has 1 amide bonds. The van der Waals surface area contributed by atoms with Crippen LogP contribution in [0.5, 0.6) is 5.75 Å². The number of fused-ring (bicyclic) bond motifs is 3. The van der Waals surface area contributed by atoms with Crippen molar-refractivity contribution in [2.24, 2.45) is 0 Å². The number of ether oxygens (including phenoxy) is 1. The van der Waals surface area contributed by atoms with Crippen LogP contribution in [0.15, 0.2) is 77.7 Å². The minimum absolute atomic E-state index is 0.186. The van der Waals surface area contributed by atoms with Crippen molar-refractivity contribution in [3.63, 3.8) is 0 Å². The zero-order chi connectivity index (χ0) is 22.9. The van der Waals surface area contributed by atoms with Crippen LogP contribution in [-0.4, -0.2) is 27.8 Å². The molecular weight excluding hydrogens is 416 g/mol. The second kappa shape index (κ2) is 8.27. The number of H-pyrrole nitrogens is 1. The van der Waals surface area contributed by atoms with Crippen LogP contribution in [0.25, 0.3) is 27.5 Å². The molecule has 0 spiro atoms. The van der Waals surface area contributed by atoms with Crippen LogP contribution in [0.1, 0.15) is 21.5 Å². The molecule has 3 aromatic carbocycles. The van der Waals surface area contributed by atoms with Gasteiger partial charge in [-0.25, -0.2) is 4.68 Å². The Kier molecular flexibility index (Phi) is 5.14. The molecule has 0 bridgehead atoms. The number of hydrogen-bond acceptors (Lipinski definition) is 4. The number of nitrogens with one attached hydrogen (secondary N) is 2. The fourth-order valence-electron chi connectivity index (χ4n) is 3.90. The van der Waals surface area contributed by atoms with Crippen molar-refractivity contribution < 1.29 is 9.53 Å². The number of pyridine rings is 1. The first-order chi connectivity index (χ1) is 16.0. The minimum Gasteiger partial charge on any atom is -0.496 e. The molecule has 0 saturated heterocycles. The lowest BCUT2D eigenvalue weighted by molar-refractivity contribution is 0.0951. The standard InChI is InChI=1S/C26H22N4O3/c1-16-7-10-19(11-8-16)30-26(32)21-15-27-22-12-9-17(13-20(22)24(21)29-30)25(31)28-14-18-5-3-4-6-23(18)33-2/h3-13,15,29H,14H2,1-2H3,(H,28,31). The summed E-state index contributed by atoms with van der Waals surface area (Å²) in [5, 5.41) is 7.31. The van der Waals surface area contributed by atoms with E-state index in [0.717, 1.165) is 22.6 Å². The Morgan fingerprint density at radius 1 is 1.06 bits per heavy atom. The number of carbonyl (C=O) groups is 1. The van der Waals surface area contributed by atoms with Gasteiger partial charge in [-0.15, -0.1) is 0 Å². The summed E-state index contributed by atoms with van der Waals surface area (Å²) in [6.07, 6.45) is 1.57. The van der Waals surface area contributed by atoms with Gasteiger partial charge < -0.3 is 10.1 Å². The van der Waals surface area contributed by atoms with Crippen molar-refractivity contribution in [3.8, 4) is 11.4 Å². The molecule has 0 fully saturated rings. The van der Waals surface area contributed by atoms with Crippen LogP contribution >= 0.6 is 0 Å². The number of amides is 1. The highest BCUT2D eigenvalue weighted by Crippen LogP contribution is 2.23.